The van der Waals surface area contributed by atoms with Crippen LogP contribution in [0.3, 0.4) is 0 Å². The highest BCUT2D eigenvalue weighted by Gasteiger charge is 2.54. The van der Waals surface area contributed by atoms with E-state index < -0.39 is 5.97 Å². The van der Waals surface area contributed by atoms with Crippen molar-refractivity contribution in [1.82, 2.24) is 0 Å². The lowest BCUT2D eigenvalue weighted by Crippen LogP contribution is -2.32. The van der Waals surface area contributed by atoms with E-state index in [0.717, 1.165) is 18.4 Å². The van der Waals surface area contributed by atoms with Crippen LogP contribution in [0.25, 0.3) is 0 Å². The highest BCUT2D eigenvalue weighted by Crippen LogP contribution is 2.56. The van der Waals surface area contributed by atoms with Gasteiger partial charge in [-0.2, -0.15) is 0 Å². The van der Waals surface area contributed by atoms with Gasteiger partial charge in [-0.25, -0.2) is 4.39 Å². The van der Waals surface area contributed by atoms with Crippen molar-refractivity contribution < 1.29 is 14.3 Å². The molecule has 0 aliphatic heterocycles. The average molecular weight is 236 g/mol. The van der Waals surface area contributed by atoms with E-state index in [2.05, 4.69) is 0 Å². The van der Waals surface area contributed by atoms with Crippen molar-refractivity contribution in [3.05, 3.63) is 35.6 Å². The summed E-state index contributed by atoms with van der Waals surface area (Å²) in [5.74, 6) is -1.32. The van der Waals surface area contributed by atoms with Crippen LogP contribution < -0.4 is 0 Å². The van der Waals surface area contributed by atoms with Gasteiger partial charge in [-0.15, -0.1) is 0 Å². The standard InChI is InChI=1S/C14H17FO2/c1-9(2)12(13(16)17)14(7-8-14)10-3-5-11(15)6-4-10/h3-6,9,12H,7-8H2,1-2H3,(H,16,17). The SMILES string of the molecule is CC(C)C(C(=O)O)C1(c2ccc(F)cc2)CC1. The fourth-order valence-corrected chi connectivity index (χ4v) is 2.86. The molecule has 1 saturated carbocycles. The van der Waals surface area contributed by atoms with Gasteiger partial charge in [0.2, 0.25) is 0 Å². The third kappa shape index (κ3) is 2.06. The van der Waals surface area contributed by atoms with Crippen molar-refractivity contribution in [1.29, 1.82) is 0 Å². The first kappa shape index (κ1) is 12.1. The van der Waals surface area contributed by atoms with Crippen LogP contribution in [0.5, 0.6) is 0 Å². The zero-order chi connectivity index (χ0) is 12.6. The first-order valence-electron chi connectivity index (χ1n) is 5.96. The second-order valence-corrected chi connectivity index (χ2v) is 5.22. The van der Waals surface area contributed by atoms with Gasteiger partial charge >= 0.3 is 5.97 Å². The minimum Gasteiger partial charge on any atom is -0.481 e. The molecule has 1 N–H and O–H groups in total. The monoisotopic (exact) mass is 236 g/mol. The molecule has 2 nitrogen and oxygen atoms in total. The summed E-state index contributed by atoms with van der Waals surface area (Å²) in [5.41, 5.74) is 0.688. The van der Waals surface area contributed by atoms with Gasteiger partial charge in [0.15, 0.2) is 0 Å². The molecule has 17 heavy (non-hydrogen) atoms. The van der Waals surface area contributed by atoms with Crippen LogP contribution in [-0.4, -0.2) is 11.1 Å². The lowest BCUT2D eigenvalue weighted by atomic mass is 9.76. The molecule has 0 spiro atoms. The summed E-state index contributed by atoms with van der Waals surface area (Å²) >= 11 is 0. The Kier molecular flexibility index (Phi) is 2.94. The molecule has 0 bridgehead atoms. The van der Waals surface area contributed by atoms with Gasteiger partial charge in [0, 0.05) is 5.41 Å². The predicted octanol–water partition coefficient (Wildman–Crippen LogP) is 3.21. The number of carbonyl (C=O) groups is 1. The van der Waals surface area contributed by atoms with Gasteiger partial charge in [-0.1, -0.05) is 26.0 Å². The lowest BCUT2D eigenvalue weighted by Gasteiger charge is -2.27. The topological polar surface area (TPSA) is 37.3 Å². The van der Waals surface area contributed by atoms with Crippen LogP contribution in [0, 0.1) is 17.7 Å². The first-order valence-corrected chi connectivity index (χ1v) is 5.96. The highest BCUT2D eigenvalue weighted by molar-refractivity contribution is 5.74. The minimum atomic E-state index is -0.748. The van der Waals surface area contributed by atoms with Gasteiger partial charge in [0.25, 0.3) is 0 Å². The van der Waals surface area contributed by atoms with Crippen molar-refractivity contribution in [3.63, 3.8) is 0 Å². The van der Waals surface area contributed by atoms with E-state index in [1.807, 2.05) is 13.8 Å². The van der Waals surface area contributed by atoms with Crippen LogP contribution in [0.2, 0.25) is 0 Å². The molecule has 0 aromatic heterocycles. The molecule has 2 rings (SSSR count). The van der Waals surface area contributed by atoms with E-state index in [9.17, 15) is 14.3 Å². The number of hydrogen-bond acceptors (Lipinski definition) is 1. The highest BCUT2D eigenvalue weighted by atomic mass is 19.1. The maximum Gasteiger partial charge on any atom is 0.307 e. The third-order valence-electron chi connectivity index (χ3n) is 3.74. The van der Waals surface area contributed by atoms with Gasteiger partial charge in [-0.05, 0) is 36.5 Å². The second kappa shape index (κ2) is 4.13. The van der Waals surface area contributed by atoms with Gasteiger partial charge < -0.3 is 5.11 Å². The third-order valence-corrected chi connectivity index (χ3v) is 3.74. The molecule has 3 heteroatoms. The van der Waals surface area contributed by atoms with Crippen molar-refractivity contribution in [2.75, 3.05) is 0 Å². The maximum atomic E-state index is 12.9. The summed E-state index contributed by atoms with van der Waals surface area (Å²) in [4.78, 5) is 11.4. The van der Waals surface area contributed by atoms with E-state index >= 15 is 0 Å². The molecule has 92 valence electrons. The van der Waals surface area contributed by atoms with Crippen molar-refractivity contribution in [3.8, 4) is 0 Å². The number of aliphatic carboxylic acids is 1. The quantitative estimate of drug-likeness (QED) is 0.871. The summed E-state index contributed by atoms with van der Waals surface area (Å²) in [6, 6.07) is 6.27. The molecule has 1 aliphatic rings. The molecule has 0 heterocycles. The molecule has 0 radical (unpaired) electrons. The zero-order valence-corrected chi connectivity index (χ0v) is 10.1. The molecule has 1 atom stereocenters. The number of carboxylic acids is 1. The van der Waals surface area contributed by atoms with Crippen LogP contribution in [-0.2, 0) is 10.2 Å². The Bertz CT molecular complexity index is 418. The maximum absolute atomic E-state index is 12.9. The number of rotatable bonds is 4. The van der Waals surface area contributed by atoms with Gasteiger partial charge in [0.1, 0.15) is 5.82 Å². The zero-order valence-electron chi connectivity index (χ0n) is 10.1. The fraction of sp³-hybridized carbons (Fsp3) is 0.500. The summed E-state index contributed by atoms with van der Waals surface area (Å²) in [6.07, 6.45) is 1.77. The van der Waals surface area contributed by atoms with Crippen LogP contribution in [0.15, 0.2) is 24.3 Å². The van der Waals surface area contributed by atoms with Crippen molar-refractivity contribution in [2.24, 2.45) is 11.8 Å². The van der Waals surface area contributed by atoms with E-state index in [1.165, 1.54) is 12.1 Å². The summed E-state index contributed by atoms with van der Waals surface area (Å²) in [6.45, 7) is 3.87. The molecule has 1 fully saturated rings. The Balaban J connectivity index is 2.35. The fourth-order valence-electron chi connectivity index (χ4n) is 2.86. The first-order chi connectivity index (χ1) is 7.97. The van der Waals surface area contributed by atoms with Crippen LogP contribution >= 0.6 is 0 Å². The molecule has 0 saturated heterocycles. The Labute approximate surface area is 100 Å². The van der Waals surface area contributed by atoms with Crippen molar-refractivity contribution >= 4 is 5.97 Å². The molecular weight excluding hydrogens is 219 g/mol. The van der Waals surface area contributed by atoms with E-state index in [0.29, 0.717) is 0 Å². The predicted molar refractivity (Wildman–Crippen MR) is 63.3 cm³/mol. The summed E-state index contributed by atoms with van der Waals surface area (Å²) in [5, 5.41) is 9.36. The molecule has 1 aromatic carbocycles. The van der Waals surface area contributed by atoms with Crippen molar-refractivity contribution in [2.45, 2.75) is 32.1 Å². The van der Waals surface area contributed by atoms with Crippen LogP contribution in [0.1, 0.15) is 32.3 Å². The second-order valence-electron chi connectivity index (χ2n) is 5.22. The largest absolute Gasteiger partial charge is 0.481 e. The van der Waals surface area contributed by atoms with Gasteiger partial charge in [0.05, 0.1) is 5.92 Å². The smallest absolute Gasteiger partial charge is 0.307 e. The summed E-state index contributed by atoms with van der Waals surface area (Å²) < 4.78 is 12.9. The number of benzene rings is 1. The minimum absolute atomic E-state index is 0.0834. The normalized spacial score (nSPS) is 19.1. The number of carboxylic acid groups (broad SMARTS) is 1. The Hall–Kier alpha value is -1.38. The van der Waals surface area contributed by atoms with E-state index in [-0.39, 0.29) is 23.1 Å². The molecular formula is C14H17FO2. The Morgan fingerprint density at radius 3 is 2.18 bits per heavy atom. The molecule has 1 unspecified atom stereocenters. The Morgan fingerprint density at radius 2 is 1.82 bits per heavy atom. The number of hydrogen-bond donors (Lipinski definition) is 1. The van der Waals surface area contributed by atoms with E-state index in [1.54, 1.807) is 12.1 Å². The van der Waals surface area contributed by atoms with E-state index in [4.69, 9.17) is 0 Å². The molecule has 1 aromatic rings. The van der Waals surface area contributed by atoms with Crippen LogP contribution in [0.4, 0.5) is 4.39 Å². The molecule has 0 amide bonds. The Morgan fingerprint density at radius 1 is 1.29 bits per heavy atom. The number of halogens is 1. The lowest BCUT2D eigenvalue weighted by molar-refractivity contribution is -0.144. The molecule has 1 aliphatic carbocycles. The van der Waals surface area contributed by atoms with Gasteiger partial charge in [-0.3, -0.25) is 4.79 Å². The average Bonchev–Trinajstić information content (AvgIpc) is 2.99. The summed E-state index contributed by atoms with van der Waals surface area (Å²) in [7, 11) is 0.